The third-order valence-corrected chi connectivity index (χ3v) is 3.63. The van der Waals surface area contributed by atoms with Gasteiger partial charge in [-0.15, -0.1) is 0 Å². The van der Waals surface area contributed by atoms with Gasteiger partial charge < -0.3 is 19.2 Å². The van der Waals surface area contributed by atoms with Crippen LogP contribution in [0.25, 0.3) is 17.0 Å². The average molecular weight is 331 g/mol. The molecular formula is C19H25NO4. The molecule has 0 bridgehead atoms. The molecule has 0 unspecified atom stereocenters. The Balaban J connectivity index is 1.83. The van der Waals surface area contributed by atoms with Crippen molar-refractivity contribution in [1.29, 1.82) is 0 Å². The lowest BCUT2D eigenvalue weighted by atomic mass is 10.1. The Labute approximate surface area is 142 Å². The first-order valence-corrected chi connectivity index (χ1v) is 8.29. The van der Waals surface area contributed by atoms with Gasteiger partial charge in [0.05, 0.1) is 13.2 Å². The molecule has 1 amide bonds. The second-order valence-electron chi connectivity index (χ2n) is 5.37. The molecule has 5 heteroatoms. The fourth-order valence-corrected chi connectivity index (χ4v) is 2.41. The first-order chi connectivity index (χ1) is 11.8. The minimum absolute atomic E-state index is 0.112. The smallest absolute Gasteiger partial charge is 0.244 e. The molecule has 24 heavy (non-hydrogen) atoms. The molecule has 0 aliphatic carbocycles. The van der Waals surface area contributed by atoms with Crippen LogP contribution in [0.2, 0.25) is 0 Å². The molecule has 0 atom stereocenters. The normalized spacial score (nSPS) is 11.4. The number of nitrogens with one attached hydrogen (secondary N) is 1. The molecule has 1 N–H and O–H groups in total. The summed E-state index contributed by atoms with van der Waals surface area (Å²) in [4.78, 5) is 11.9. The quantitative estimate of drug-likeness (QED) is 0.536. The third-order valence-electron chi connectivity index (χ3n) is 3.63. The lowest BCUT2D eigenvalue weighted by Crippen LogP contribution is -2.23. The van der Waals surface area contributed by atoms with E-state index in [9.17, 15) is 4.79 Å². The molecule has 1 aromatic heterocycles. The van der Waals surface area contributed by atoms with Crippen molar-refractivity contribution in [1.82, 2.24) is 5.32 Å². The van der Waals surface area contributed by atoms with E-state index >= 15 is 0 Å². The number of furan rings is 1. The van der Waals surface area contributed by atoms with Crippen LogP contribution >= 0.6 is 0 Å². The van der Waals surface area contributed by atoms with Crippen molar-refractivity contribution in [3.63, 3.8) is 0 Å². The van der Waals surface area contributed by atoms with Crippen molar-refractivity contribution in [3.05, 3.63) is 41.7 Å². The maximum absolute atomic E-state index is 11.9. The fourth-order valence-electron chi connectivity index (χ4n) is 2.41. The van der Waals surface area contributed by atoms with Gasteiger partial charge in [-0.05, 0) is 18.6 Å². The lowest BCUT2D eigenvalue weighted by molar-refractivity contribution is -0.116. The van der Waals surface area contributed by atoms with E-state index in [1.807, 2.05) is 37.3 Å². The Morgan fingerprint density at radius 1 is 1.25 bits per heavy atom. The van der Waals surface area contributed by atoms with E-state index in [-0.39, 0.29) is 5.91 Å². The first-order valence-electron chi connectivity index (χ1n) is 8.29. The summed E-state index contributed by atoms with van der Waals surface area (Å²) in [5, 5.41) is 3.89. The van der Waals surface area contributed by atoms with Crippen LogP contribution in [-0.4, -0.2) is 39.4 Å². The van der Waals surface area contributed by atoms with Crippen molar-refractivity contribution in [3.8, 4) is 0 Å². The summed E-state index contributed by atoms with van der Waals surface area (Å²) in [7, 11) is 1.64. The van der Waals surface area contributed by atoms with Gasteiger partial charge >= 0.3 is 0 Å². The van der Waals surface area contributed by atoms with Crippen molar-refractivity contribution in [2.75, 3.05) is 33.5 Å². The predicted octanol–water partition coefficient (Wildman–Crippen LogP) is 3.18. The van der Waals surface area contributed by atoms with Gasteiger partial charge in [0.25, 0.3) is 0 Å². The molecule has 0 saturated heterocycles. The lowest BCUT2D eigenvalue weighted by Gasteiger charge is -2.04. The highest BCUT2D eigenvalue weighted by Gasteiger charge is 2.09. The maximum atomic E-state index is 11.9. The number of aryl methyl sites for hydroxylation is 1. The van der Waals surface area contributed by atoms with E-state index in [0.717, 1.165) is 35.1 Å². The second-order valence-corrected chi connectivity index (χ2v) is 5.37. The van der Waals surface area contributed by atoms with Crippen molar-refractivity contribution in [2.24, 2.45) is 0 Å². The van der Waals surface area contributed by atoms with Gasteiger partial charge in [-0.25, -0.2) is 0 Å². The van der Waals surface area contributed by atoms with Crippen molar-refractivity contribution < 1.29 is 18.7 Å². The molecule has 130 valence electrons. The number of para-hydroxylation sites is 1. The summed E-state index contributed by atoms with van der Waals surface area (Å²) >= 11 is 0. The topological polar surface area (TPSA) is 60.7 Å². The number of benzene rings is 1. The molecule has 2 rings (SSSR count). The highest BCUT2D eigenvalue weighted by molar-refractivity contribution is 5.96. The molecular weight excluding hydrogens is 306 g/mol. The van der Waals surface area contributed by atoms with Crippen LogP contribution in [-0.2, 0) is 20.7 Å². The number of carbonyl (C=O) groups is 1. The number of hydrogen-bond donors (Lipinski definition) is 1. The minimum Gasteiger partial charge on any atom is -0.460 e. The molecule has 1 aromatic carbocycles. The zero-order valence-electron chi connectivity index (χ0n) is 14.3. The Bertz CT molecular complexity index is 675. The van der Waals surface area contributed by atoms with Crippen LogP contribution in [0.5, 0.6) is 0 Å². The molecule has 0 spiro atoms. The predicted molar refractivity (Wildman–Crippen MR) is 94.9 cm³/mol. The molecule has 0 radical (unpaired) electrons. The van der Waals surface area contributed by atoms with Crippen LogP contribution in [0.3, 0.4) is 0 Å². The molecule has 1 heterocycles. The van der Waals surface area contributed by atoms with Crippen LogP contribution in [0.4, 0.5) is 0 Å². The van der Waals surface area contributed by atoms with Crippen LogP contribution in [0.15, 0.2) is 34.8 Å². The SMILES string of the molecule is CCc1oc2ccccc2c1/C=C/C(=O)NCCCOCCOC. The minimum atomic E-state index is -0.112. The van der Waals surface area contributed by atoms with Crippen LogP contribution in [0.1, 0.15) is 24.7 Å². The molecule has 2 aromatic rings. The summed E-state index contributed by atoms with van der Waals surface area (Å²) in [6, 6.07) is 7.86. The summed E-state index contributed by atoms with van der Waals surface area (Å²) in [6.07, 6.45) is 4.95. The Morgan fingerprint density at radius 2 is 2.08 bits per heavy atom. The standard InChI is InChI=1S/C19H25NO4/c1-3-17-16(15-7-4-5-8-18(15)24-17)9-10-19(21)20-11-6-12-23-14-13-22-2/h4-5,7-10H,3,6,11-14H2,1-2H3,(H,20,21)/b10-9+. The highest BCUT2D eigenvalue weighted by Crippen LogP contribution is 2.27. The van der Waals surface area contributed by atoms with Crippen LogP contribution < -0.4 is 5.32 Å². The Hall–Kier alpha value is -2.11. The largest absolute Gasteiger partial charge is 0.460 e. The van der Waals surface area contributed by atoms with Gasteiger partial charge in [0.15, 0.2) is 0 Å². The monoisotopic (exact) mass is 331 g/mol. The fraction of sp³-hybridized carbons (Fsp3) is 0.421. The summed E-state index contributed by atoms with van der Waals surface area (Å²) < 4.78 is 16.1. The number of methoxy groups -OCH3 is 1. The number of hydrogen-bond acceptors (Lipinski definition) is 4. The zero-order chi connectivity index (χ0) is 17.2. The van der Waals surface area contributed by atoms with Crippen molar-refractivity contribution >= 4 is 23.0 Å². The third kappa shape index (κ3) is 5.22. The van der Waals surface area contributed by atoms with E-state index in [4.69, 9.17) is 13.9 Å². The Kier molecular flexibility index (Phi) is 7.52. The molecule has 0 aliphatic rings. The highest BCUT2D eigenvalue weighted by atomic mass is 16.5. The second kappa shape index (κ2) is 9.90. The summed E-state index contributed by atoms with van der Waals surface area (Å²) in [5.41, 5.74) is 1.83. The van der Waals surface area contributed by atoms with Gasteiger partial charge in [-0.2, -0.15) is 0 Å². The van der Waals surface area contributed by atoms with E-state index in [0.29, 0.717) is 26.4 Å². The number of ether oxygens (including phenoxy) is 2. The van der Waals surface area contributed by atoms with E-state index < -0.39 is 0 Å². The molecule has 5 nitrogen and oxygen atoms in total. The number of carbonyl (C=O) groups excluding carboxylic acids is 1. The van der Waals surface area contributed by atoms with Crippen LogP contribution in [0, 0.1) is 0 Å². The van der Waals surface area contributed by atoms with Gasteiger partial charge in [0.1, 0.15) is 11.3 Å². The Morgan fingerprint density at radius 3 is 2.88 bits per heavy atom. The van der Waals surface area contributed by atoms with Crippen molar-refractivity contribution in [2.45, 2.75) is 19.8 Å². The van der Waals surface area contributed by atoms with Gasteiger partial charge in [0.2, 0.25) is 5.91 Å². The first kappa shape index (κ1) is 18.2. The van der Waals surface area contributed by atoms with E-state index in [2.05, 4.69) is 5.32 Å². The van der Waals surface area contributed by atoms with Gasteiger partial charge in [-0.3, -0.25) is 4.79 Å². The van der Waals surface area contributed by atoms with E-state index in [1.54, 1.807) is 13.2 Å². The molecule has 0 aliphatic heterocycles. The van der Waals surface area contributed by atoms with Gasteiger partial charge in [0, 0.05) is 43.7 Å². The number of rotatable bonds is 10. The molecule has 0 saturated carbocycles. The summed E-state index contributed by atoms with van der Waals surface area (Å²) in [5.74, 6) is 0.783. The average Bonchev–Trinajstić information content (AvgIpc) is 2.97. The summed E-state index contributed by atoms with van der Waals surface area (Å²) in [6.45, 7) is 4.41. The number of amides is 1. The van der Waals surface area contributed by atoms with E-state index in [1.165, 1.54) is 0 Å². The molecule has 0 fully saturated rings. The van der Waals surface area contributed by atoms with Gasteiger partial charge in [-0.1, -0.05) is 25.1 Å². The maximum Gasteiger partial charge on any atom is 0.244 e. The zero-order valence-corrected chi connectivity index (χ0v) is 14.3. The number of fused-ring (bicyclic) bond motifs is 1.